The van der Waals surface area contributed by atoms with Gasteiger partial charge in [0.25, 0.3) is 0 Å². The van der Waals surface area contributed by atoms with Gasteiger partial charge in [0.05, 0.1) is 12.6 Å². The van der Waals surface area contributed by atoms with Crippen LogP contribution >= 0.6 is 0 Å². The molecule has 6 atom stereocenters. The average molecular weight is 338 g/mol. The molecule has 4 N–H and O–H groups in total. The summed E-state index contributed by atoms with van der Waals surface area (Å²) in [6, 6.07) is 9.44. The van der Waals surface area contributed by atoms with Crippen LogP contribution in [-0.4, -0.2) is 62.6 Å². The van der Waals surface area contributed by atoms with Crippen LogP contribution in [0.1, 0.15) is 18.3 Å². The Morgan fingerprint density at radius 1 is 1.29 bits per heavy atom. The lowest BCUT2D eigenvalue weighted by molar-refractivity contribution is -0.341. The third-order valence-corrected chi connectivity index (χ3v) is 4.43. The molecule has 0 saturated carbocycles. The van der Waals surface area contributed by atoms with Gasteiger partial charge in [-0.3, -0.25) is 0 Å². The number of nitrogens with one attached hydrogen (secondary N) is 1. The molecule has 24 heavy (non-hydrogen) atoms. The van der Waals surface area contributed by atoms with Gasteiger partial charge in [0.1, 0.15) is 18.3 Å². The maximum atomic E-state index is 10.6. The molecule has 134 valence electrons. The molecule has 3 rings (SSSR count). The Morgan fingerprint density at radius 3 is 2.79 bits per heavy atom. The minimum absolute atomic E-state index is 0.298. The van der Waals surface area contributed by atoms with Crippen LogP contribution in [0.4, 0.5) is 0 Å². The first kappa shape index (κ1) is 17.8. The Balaban J connectivity index is 1.73. The van der Waals surface area contributed by atoms with E-state index < -0.39 is 18.7 Å². The molecule has 7 heteroatoms. The van der Waals surface area contributed by atoms with Crippen molar-refractivity contribution < 1.29 is 24.1 Å². The predicted molar refractivity (Wildman–Crippen MR) is 87.1 cm³/mol. The van der Waals surface area contributed by atoms with Crippen LogP contribution in [0, 0.1) is 0 Å². The summed E-state index contributed by atoms with van der Waals surface area (Å²) in [5.74, 6) is 0. The van der Waals surface area contributed by atoms with Gasteiger partial charge in [0, 0.05) is 12.7 Å². The number of hydrogen-bond donors (Lipinski definition) is 3. The second-order valence-corrected chi connectivity index (χ2v) is 6.07. The van der Waals surface area contributed by atoms with Crippen molar-refractivity contribution in [1.82, 2.24) is 5.32 Å². The monoisotopic (exact) mass is 338 g/mol. The summed E-state index contributed by atoms with van der Waals surface area (Å²) >= 11 is 0. The van der Waals surface area contributed by atoms with Crippen LogP contribution < -0.4 is 11.1 Å². The molecule has 0 spiro atoms. The molecule has 1 unspecified atom stereocenters. The predicted octanol–water partition coefficient (Wildman–Crippen LogP) is 0.140. The fraction of sp³-hybridized carbons (Fsp3) is 0.647. The van der Waals surface area contributed by atoms with E-state index in [-0.39, 0.29) is 18.2 Å². The van der Waals surface area contributed by atoms with E-state index in [9.17, 15) is 5.11 Å². The van der Waals surface area contributed by atoms with Crippen molar-refractivity contribution in [1.29, 1.82) is 0 Å². The average Bonchev–Trinajstić information content (AvgIpc) is 2.63. The Kier molecular flexibility index (Phi) is 6.18. The van der Waals surface area contributed by atoms with Crippen LogP contribution in [0.25, 0.3) is 0 Å². The molecule has 2 aliphatic heterocycles. The first-order valence-electron chi connectivity index (χ1n) is 8.36. The second-order valence-electron chi connectivity index (χ2n) is 6.07. The highest BCUT2D eigenvalue weighted by Gasteiger charge is 2.49. The Morgan fingerprint density at radius 2 is 2.08 bits per heavy atom. The van der Waals surface area contributed by atoms with Gasteiger partial charge in [0.2, 0.25) is 0 Å². The quantitative estimate of drug-likeness (QED) is 0.635. The zero-order chi connectivity index (χ0) is 16.9. The number of rotatable bonds is 6. The fourth-order valence-electron chi connectivity index (χ4n) is 3.18. The largest absolute Gasteiger partial charge is 0.386 e. The Hall–Kier alpha value is -1.06. The van der Waals surface area contributed by atoms with E-state index in [4.69, 9.17) is 24.7 Å². The van der Waals surface area contributed by atoms with Crippen molar-refractivity contribution in [3.05, 3.63) is 35.9 Å². The maximum Gasteiger partial charge on any atom is 0.185 e. The lowest BCUT2D eigenvalue weighted by Gasteiger charge is -2.48. The number of benzene rings is 1. The molecular formula is C17H26N2O5. The van der Waals surface area contributed by atoms with E-state index in [1.54, 1.807) is 0 Å². The zero-order valence-electron chi connectivity index (χ0n) is 13.8. The highest BCUT2D eigenvalue weighted by atomic mass is 16.7. The van der Waals surface area contributed by atoms with Crippen molar-refractivity contribution >= 4 is 0 Å². The normalized spacial score (nSPS) is 36.3. The molecule has 0 amide bonds. The maximum absolute atomic E-state index is 10.6. The molecule has 2 fully saturated rings. The van der Waals surface area contributed by atoms with Crippen LogP contribution in [0.3, 0.4) is 0 Å². The van der Waals surface area contributed by atoms with Gasteiger partial charge in [-0.15, -0.1) is 0 Å². The molecule has 0 aliphatic carbocycles. The second kappa shape index (κ2) is 8.35. The van der Waals surface area contributed by atoms with Crippen molar-refractivity contribution in [2.75, 3.05) is 26.8 Å². The Bertz CT molecular complexity index is 503. The van der Waals surface area contributed by atoms with E-state index in [0.29, 0.717) is 19.7 Å². The van der Waals surface area contributed by atoms with Gasteiger partial charge in [0.15, 0.2) is 12.6 Å². The first-order chi connectivity index (χ1) is 11.7. The molecule has 0 radical (unpaired) electrons. The van der Waals surface area contributed by atoms with E-state index >= 15 is 0 Å². The van der Waals surface area contributed by atoms with Crippen molar-refractivity contribution in [2.45, 2.75) is 43.4 Å². The van der Waals surface area contributed by atoms with Gasteiger partial charge in [-0.2, -0.15) is 0 Å². The van der Waals surface area contributed by atoms with Crippen molar-refractivity contribution in [3.63, 3.8) is 0 Å². The first-order valence-corrected chi connectivity index (χ1v) is 8.36. The molecule has 1 aromatic carbocycles. The van der Waals surface area contributed by atoms with Gasteiger partial charge in [-0.05, 0) is 19.5 Å². The molecule has 7 nitrogen and oxygen atoms in total. The molecule has 1 aromatic rings. The summed E-state index contributed by atoms with van der Waals surface area (Å²) in [5.41, 5.74) is 6.50. The third kappa shape index (κ3) is 3.78. The number of methoxy groups -OCH3 is 1. The topological polar surface area (TPSA) is 95.2 Å². The summed E-state index contributed by atoms with van der Waals surface area (Å²) in [7, 11) is 1.52. The summed E-state index contributed by atoms with van der Waals surface area (Å²) < 4.78 is 23.0. The number of aliphatic hydroxyl groups excluding tert-OH is 1. The van der Waals surface area contributed by atoms with Crippen LogP contribution in [0.2, 0.25) is 0 Å². The summed E-state index contributed by atoms with van der Waals surface area (Å²) in [6.45, 7) is 1.66. The molecule has 2 heterocycles. The summed E-state index contributed by atoms with van der Waals surface area (Å²) in [6.07, 6.45) is -1.82. The SMILES string of the molecule is CO[C@H]1O[C@@H]2COC(c3ccccc3)O[C@H]2[C@@H](NCCCN)[C@@H]1O. The smallest absolute Gasteiger partial charge is 0.185 e. The standard InChI is InChI=1S/C17H26N2O5/c1-21-17-14(20)13(19-9-5-8-18)15-12(23-17)10-22-16(24-15)11-6-3-2-4-7-11/h2-4,6-7,12-17,19-20H,5,8-10,18H2,1H3/t12-,13+,14+,15-,16?,17+/m1/s1. The summed E-state index contributed by atoms with van der Waals surface area (Å²) in [4.78, 5) is 0. The molecule has 0 aromatic heterocycles. The molecular weight excluding hydrogens is 312 g/mol. The number of nitrogens with two attached hydrogens (primary N) is 1. The van der Waals surface area contributed by atoms with Crippen LogP contribution in [0.15, 0.2) is 30.3 Å². The lowest BCUT2D eigenvalue weighted by atomic mass is 9.95. The highest BCUT2D eigenvalue weighted by molar-refractivity contribution is 5.16. The van der Waals surface area contributed by atoms with E-state index in [2.05, 4.69) is 5.32 Å². The van der Waals surface area contributed by atoms with Crippen LogP contribution in [0.5, 0.6) is 0 Å². The van der Waals surface area contributed by atoms with Gasteiger partial charge in [-0.1, -0.05) is 30.3 Å². The number of hydrogen-bond acceptors (Lipinski definition) is 7. The number of ether oxygens (including phenoxy) is 4. The minimum atomic E-state index is -0.830. The number of aliphatic hydroxyl groups is 1. The van der Waals surface area contributed by atoms with Crippen LogP contribution in [-0.2, 0) is 18.9 Å². The Labute approximate surface area is 142 Å². The van der Waals surface area contributed by atoms with Gasteiger partial charge < -0.3 is 35.1 Å². The summed E-state index contributed by atoms with van der Waals surface area (Å²) in [5, 5.41) is 13.9. The van der Waals surface area contributed by atoms with Gasteiger partial charge >= 0.3 is 0 Å². The van der Waals surface area contributed by atoms with Crippen molar-refractivity contribution in [2.24, 2.45) is 5.73 Å². The van der Waals surface area contributed by atoms with Crippen molar-refractivity contribution in [3.8, 4) is 0 Å². The lowest BCUT2D eigenvalue weighted by Crippen LogP contribution is -2.66. The van der Waals surface area contributed by atoms with E-state index in [1.807, 2.05) is 30.3 Å². The van der Waals surface area contributed by atoms with Gasteiger partial charge in [-0.25, -0.2) is 0 Å². The zero-order valence-corrected chi connectivity index (χ0v) is 13.8. The highest BCUT2D eigenvalue weighted by Crippen LogP contribution is 2.34. The molecule has 0 bridgehead atoms. The molecule has 2 aliphatic rings. The third-order valence-electron chi connectivity index (χ3n) is 4.43. The van der Waals surface area contributed by atoms with E-state index in [0.717, 1.165) is 12.0 Å². The minimum Gasteiger partial charge on any atom is -0.386 e. The van der Waals surface area contributed by atoms with E-state index in [1.165, 1.54) is 7.11 Å². The number of fused-ring (bicyclic) bond motifs is 1. The fourth-order valence-corrected chi connectivity index (χ4v) is 3.18. The molecule has 2 saturated heterocycles.